The normalized spacial score (nSPS) is 52.2. The number of hydrogen-bond acceptors (Lipinski definition) is 1. The van der Waals surface area contributed by atoms with Crippen molar-refractivity contribution in [2.45, 2.75) is 91.0 Å². The number of nitrogens with one attached hydrogen (secondary N) is 1. The first-order valence-electron chi connectivity index (χ1n) is 10.2. The van der Waals surface area contributed by atoms with Gasteiger partial charge in [-0.3, -0.25) is 4.79 Å². The van der Waals surface area contributed by atoms with Crippen LogP contribution in [0.2, 0.25) is 0 Å². The van der Waals surface area contributed by atoms with E-state index in [1.165, 1.54) is 64.2 Å². The van der Waals surface area contributed by atoms with Crippen LogP contribution >= 0.6 is 0 Å². The highest BCUT2D eigenvalue weighted by atomic mass is 16.1. The lowest BCUT2D eigenvalue weighted by Gasteiger charge is -2.60. The minimum atomic E-state index is 0.168. The fourth-order valence-corrected chi connectivity index (χ4v) is 7.78. The summed E-state index contributed by atoms with van der Waals surface area (Å²) in [7, 11) is 0. The van der Waals surface area contributed by atoms with Gasteiger partial charge >= 0.3 is 0 Å². The van der Waals surface area contributed by atoms with E-state index < -0.39 is 0 Å². The van der Waals surface area contributed by atoms with Gasteiger partial charge in [0.1, 0.15) is 0 Å². The van der Waals surface area contributed by atoms with Gasteiger partial charge in [0.05, 0.1) is 0 Å². The Bertz CT molecular complexity index is 488. The Hall–Kier alpha value is -0.530. The highest BCUT2D eigenvalue weighted by Crippen LogP contribution is 2.66. The molecule has 23 heavy (non-hydrogen) atoms. The van der Waals surface area contributed by atoms with Crippen LogP contribution in [0.4, 0.5) is 0 Å². The summed E-state index contributed by atoms with van der Waals surface area (Å²) >= 11 is 0. The van der Waals surface area contributed by atoms with E-state index in [2.05, 4.69) is 19.2 Å². The molecule has 4 saturated carbocycles. The summed E-state index contributed by atoms with van der Waals surface area (Å²) in [5.41, 5.74) is 0.999. The first-order valence-corrected chi connectivity index (χ1v) is 10.2. The summed E-state index contributed by atoms with van der Waals surface area (Å²) < 4.78 is 0. The fraction of sp³-hybridized carbons (Fsp3) is 0.952. The zero-order valence-electron chi connectivity index (χ0n) is 15.4. The molecule has 0 aliphatic heterocycles. The number of fused-ring (bicyclic) bond motifs is 5. The van der Waals surface area contributed by atoms with Crippen LogP contribution in [0.1, 0.15) is 85.0 Å². The fourth-order valence-electron chi connectivity index (χ4n) is 7.78. The topological polar surface area (TPSA) is 29.1 Å². The Morgan fingerprint density at radius 1 is 0.870 bits per heavy atom. The van der Waals surface area contributed by atoms with Crippen LogP contribution in [-0.2, 0) is 4.79 Å². The Balaban J connectivity index is 1.59. The van der Waals surface area contributed by atoms with Crippen molar-refractivity contribution in [1.29, 1.82) is 0 Å². The molecule has 2 nitrogen and oxygen atoms in total. The van der Waals surface area contributed by atoms with Gasteiger partial charge in [0, 0.05) is 13.0 Å². The predicted octanol–water partition coefficient (Wildman–Crippen LogP) is 4.92. The molecule has 4 aliphatic carbocycles. The summed E-state index contributed by atoms with van der Waals surface area (Å²) in [6.07, 6.45) is 14.2. The van der Waals surface area contributed by atoms with E-state index in [0.29, 0.717) is 16.9 Å². The van der Waals surface area contributed by atoms with E-state index in [1.54, 1.807) is 6.92 Å². The lowest BCUT2D eigenvalue weighted by Crippen LogP contribution is -2.55. The average Bonchev–Trinajstić information content (AvgIpc) is 2.83. The summed E-state index contributed by atoms with van der Waals surface area (Å²) in [4.78, 5) is 11.6. The molecule has 0 radical (unpaired) electrons. The van der Waals surface area contributed by atoms with E-state index in [-0.39, 0.29) is 5.91 Å². The van der Waals surface area contributed by atoms with Crippen LogP contribution < -0.4 is 5.32 Å². The lowest BCUT2D eigenvalue weighted by molar-refractivity contribution is -0.124. The maximum absolute atomic E-state index is 11.6. The molecule has 0 bridgehead atoms. The van der Waals surface area contributed by atoms with Gasteiger partial charge in [0.15, 0.2) is 0 Å². The maximum Gasteiger partial charge on any atom is 0.217 e. The second-order valence-corrected chi connectivity index (χ2v) is 9.78. The van der Waals surface area contributed by atoms with Crippen molar-refractivity contribution >= 4 is 5.91 Å². The zero-order chi connectivity index (χ0) is 16.2. The number of carbonyl (C=O) groups excluding carboxylic acids is 1. The van der Waals surface area contributed by atoms with Crippen LogP contribution in [0.25, 0.3) is 0 Å². The highest BCUT2D eigenvalue weighted by Gasteiger charge is 2.59. The van der Waals surface area contributed by atoms with Crippen molar-refractivity contribution in [3.05, 3.63) is 0 Å². The lowest BCUT2D eigenvalue weighted by atomic mass is 9.45. The van der Waals surface area contributed by atoms with Gasteiger partial charge in [-0.15, -0.1) is 0 Å². The molecule has 0 unspecified atom stereocenters. The molecule has 4 fully saturated rings. The van der Waals surface area contributed by atoms with Gasteiger partial charge in [0.2, 0.25) is 5.91 Å². The summed E-state index contributed by atoms with van der Waals surface area (Å²) in [6.45, 7) is 6.84. The van der Waals surface area contributed by atoms with Crippen LogP contribution in [0.15, 0.2) is 0 Å². The third-order valence-corrected chi connectivity index (χ3v) is 8.96. The van der Waals surface area contributed by atoms with Gasteiger partial charge < -0.3 is 5.32 Å². The van der Waals surface area contributed by atoms with Gasteiger partial charge in [-0.1, -0.05) is 26.7 Å². The summed E-state index contributed by atoms with van der Waals surface area (Å²) in [5, 5.41) is 3.30. The second kappa shape index (κ2) is 5.49. The molecule has 4 rings (SSSR count). The predicted molar refractivity (Wildman–Crippen MR) is 93.9 cm³/mol. The molecular formula is C21H35NO. The van der Waals surface area contributed by atoms with Crippen LogP contribution in [0, 0.1) is 34.5 Å². The van der Waals surface area contributed by atoms with Crippen LogP contribution in [-0.4, -0.2) is 11.9 Å². The molecule has 0 aromatic heterocycles. The minimum absolute atomic E-state index is 0.168. The Morgan fingerprint density at radius 2 is 1.65 bits per heavy atom. The monoisotopic (exact) mass is 317 g/mol. The van der Waals surface area contributed by atoms with E-state index in [1.807, 2.05) is 0 Å². The summed E-state index contributed by atoms with van der Waals surface area (Å²) in [6, 6.07) is 0.433. The number of hydrogen-bond donors (Lipinski definition) is 1. The molecule has 2 heteroatoms. The molecule has 7 atom stereocenters. The third-order valence-electron chi connectivity index (χ3n) is 8.96. The number of carbonyl (C=O) groups is 1. The third kappa shape index (κ3) is 2.30. The molecular weight excluding hydrogens is 282 g/mol. The molecule has 1 N–H and O–H groups in total. The Kier molecular flexibility index (Phi) is 3.81. The van der Waals surface area contributed by atoms with Crippen molar-refractivity contribution in [2.24, 2.45) is 34.5 Å². The van der Waals surface area contributed by atoms with Gasteiger partial charge in [0.25, 0.3) is 0 Å². The number of amides is 1. The first-order chi connectivity index (χ1) is 10.9. The molecule has 0 heterocycles. The number of rotatable bonds is 1. The average molecular weight is 318 g/mol. The van der Waals surface area contributed by atoms with E-state index >= 15 is 0 Å². The Morgan fingerprint density at radius 3 is 2.43 bits per heavy atom. The van der Waals surface area contributed by atoms with Crippen molar-refractivity contribution in [1.82, 2.24) is 5.32 Å². The smallest absolute Gasteiger partial charge is 0.217 e. The van der Waals surface area contributed by atoms with E-state index in [0.717, 1.165) is 23.7 Å². The molecule has 130 valence electrons. The first kappa shape index (κ1) is 16.0. The van der Waals surface area contributed by atoms with Crippen LogP contribution in [0.3, 0.4) is 0 Å². The molecule has 0 aromatic carbocycles. The molecule has 4 aliphatic rings. The van der Waals surface area contributed by atoms with Gasteiger partial charge in [-0.05, 0) is 85.9 Å². The quantitative estimate of drug-likeness (QED) is 0.730. The molecule has 1 amide bonds. The largest absolute Gasteiger partial charge is 0.353 e. The highest BCUT2D eigenvalue weighted by molar-refractivity contribution is 5.73. The second-order valence-electron chi connectivity index (χ2n) is 9.78. The molecule has 0 spiro atoms. The maximum atomic E-state index is 11.6. The van der Waals surface area contributed by atoms with E-state index in [4.69, 9.17) is 0 Å². The van der Waals surface area contributed by atoms with Crippen molar-refractivity contribution in [2.75, 3.05) is 0 Å². The van der Waals surface area contributed by atoms with Crippen LogP contribution in [0.5, 0.6) is 0 Å². The van der Waals surface area contributed by atoms with Crippen molar-refractivity contribution < 1.29 is 4.79 Å². The van der Waals surface area contributed by atoms with E-state index in [9.17, 15) is 4.79 Å². The SMILES string of the molecule is CC(=O)N[C@H]1CC[C@H]2[C@@H]3CC[C@H]4CCCC[C@]4(C)[C@H]3CC[C@]12C. The molecule has 0 saturated heterocycles. The van der Waals surface area contributed by atoms with Crippen molar-refractivity contribution in [3.63, 3.8) is 0 Å². The Labute approximate surface area is 142 Å². The van der Waals surface area contributed by atoms with Gasteiger partial charge in [-0.25, -0.2) is 0 Å². The minimum Gasteiger partial charge on any atom is -0.353 e. The standard InChI is InChI=1S/C21H35NO/c1-14(23)22-19-10-9-17-16-8-7-15-6-4-5-12-20(15,2)18(16)11-13-21(17,19)3/h15-19H,4-13H2,1-3H3,(H,22,23)/t15-,16+,17+,18+,19+,20+,21+/m1/s1. The summed E-state index contributed by atoms with van der Waals surface area (Å²) in [5.74, 6) is 3.94. The zero-order valence-corrected chi connectivity index (χ0v) is 15.4. The molecule has 0 aromatic rings. The van der Waals surface area contributed by atoms with Crippen molar-refractivity contribution in [3.8, 4) is 0 Å². The van der Waals surface area contributed by atoms with Gasteiger partial charge in [-0.2, -0.15) is 0 Å².